The lowest BCUT2D eigenvalue weighted by Gasteiger charge is -2.13. The molecule has 2 amide bonds. The van der Waals surface area contributed by atoms with Crippen LogP contribution in [0.4, 0.5) is 0 Å². The van der Waals surface area contributed by atoms with Gasteiger partial charge in [-0.2, -0.15) is 5.10 Å². The maximum atomic E-state index is 12.1. The van der Waals surface area contributed by atoms with Crippen LogP contribution in [0.5, 0.6) is 5.75 Å². The quantitative estimate of drug-likeness (QED) is 0.293. The van der Waals surface area contributed by atoms with Crippen LogP contribution in [0.25, 0.3) is 0 Å². The van der Waals surface area contributed by atoms with E-state index in [4.69, 9.17) is 27.9 Å². The zero-order chi connectivity index (χ0) is 22.9. The lowest BCUT2D eigenvalue weighted by Crippen LogP contribution is -2.39. The van der Waals surface area contributed by atoms with Crippen molar-refractivity contribution in [2.24, 2.45) is 5.10 Å². The topological polar surface area (TPSA) is 79.8 Å². The molecule has 0 saturated heterocycles. The van der Waals surface area contributed by atoms with Crippen molar-refractivity contribution in [1.82, 2.24) is 10.7 Å². The van der Waals surface area contributed by atoms with Gasteiger partial charge in [-0.25, -0.2) is 5.43 Å². The molecular formula is C24H21Cl2N3O3. The summed E-state index contributed by atoms with van der Waals surface area (Å²) in [7, 11) is 0. The number of ether oxygens (including phenoxy) is 1. The van der Waals surface area contributed by atoms with E-state index in [-0.39, 0.29) is 12.6 Å². The fraction of sp³-hybridized carbons (Fsp3) is 0.125. The lowest BCUT2D eigenvalue weighted by molar-refractivity contribution is -0.139. The average molecular weight is 470 g/mol. The number of hydrogen-bond donors (Lipinski definition) is 2. The Hall–Kier alpha value is -3.35. The third kappa shape index (κ3) is 6.83. The molecule has 0 spiro atoms. The number of carbonyl (C=O) groups is 2. The molecule has 2 N–H and O–H groups in total. The highest BCUT2D eigenvalue weighted by Crippen LogP contribution is 2.23. The highest BCUT2D eigenvalue weighted by Gasteiger charge is 2.16. The van der Waals surface area contributed by atoms with E-state index in [0.29, 0.717) is 21.4 Å². The van der Waals surface area contributed by atoms with Gasteiger partial charge < -0.3 is 10.1 Å². The van der Waals surface area contributed by atoms with Gasteiger partial charge in [-0.3, -0.25) is 9.59 Å². The third-order valence-electron chi connectivity index (χ3n) is 4.50. The zero-order valence-corrected chi connectivity index (χ0v) is 18.7. The van der Waals surface area contributed by atoms with Gasteiger partial charge in [0.2, 0.25) is 0 Å². The molecule has 0 heterocycles. The van der Waals surface area contributed by atoms with Crippen molar-refractivity contribution in [3.05, 3.63) is 99.5 Å². The monoisotopic (exact) mass is 469 g/mol. The molecule has 32 heavy (non-hydrogen) atoms. The summed E-state index contributed by atoms with van der Waals surface area (Å²) >= 11 is 12.1. The number of amides is 2. The van der Waals surface area contributed by atoms with Gasteiger partial charge in [0.05, 0.1) is 12.3 Å². The molecule has 3 aromatic carbocycles. The van der Waals surface area contributed by atoms with Gasteiger partial charge in [-0.05, 0) is 42.3 Å². The Kier molecular flexibility index (Phi) is 8.25. The summed E-state index contributed by atoms with van der Waals surface area (Å²) in [5.41, 5.74) is 4.61. The second-order valence-electron chi connectivity index (χ2n) is 6.90. The Morgan fingerprint density at radius 2 is 1.78 bits per heavy atom. The number of benzene rings is 3. The van der Waals surface area contributed by atoms with Gasteiger partial charge in [0, 0.05) is 15.6 Å². The second kappa shape index (κ2) is 11.3. The van der Waals surface area contributed by atoms with Crippen LogP contribution >= 0.6 is 23.2 Å². The first-order valence-electron chi connectivity index (χ1n) is 9.78. The smallest absolute Gasteiger partial charge is 0.329 e. The van der Waals surface area contributed by atoms with Crippen molar-refractivity contribution in [2.45, 2.75) is 19.6 Å². The Labute approximate surface area is 196 Å². The van der Waals surface area contributed by atoms with E-state index in [1.54, 1.807) is 49.4 Å². The summed E-state index contributed by atoms with van der Waals surface area (Å²) in [4.78, 5) is 24.1. The molecule has 164 valence electrons. The average Bonchev–Trinajstić information content (AvgIpc) is 2.79. The fourth-order valence-electron chi connectivity index (χ4n) is 2.79. The summed E-state index contributed by atoms with van der Waals surface area (Å²) in [6, 6.07) is 21.4. The van der Waals surface area contributed by atoms with Crippen LogP contribution in [-0.4, -0.2) is 18.0 Å². The minimum atomic E-state index is -0.853. The largest absolute Gasteiger partial charge is 0.489 e. The van der Waals surface area contributed by atoms with Crippen LogP contribution in [0.3, 0.4) is 0 Å². The molecule has 0 unspecified atom stereocenters. The van der Waals surface area contributed by atoms with E-state index in [0.717, 1.165) is 11.1 Å². The van der Waals surface area contributed by atoms with E-state index in [2.05, 4.69) is 15.8 Å². The number of nitrogens with zero attached hydrogens (tertiary/aromatic N) is 1. The molecule has 8 heteroatoms. The molecule has 6 nitrogen and oxygen atoms in total. The van der Waals surface area contributed by atoms with E-state index in [9.17, 15) is 9.59 Å². The van der Waals surface area contributed by atoms with E-state index in [1.165, 1.54) is 6.21 Å². The van der Waals surface area contributed by atoms with Crippen molar-refractivity contribution >= 4 is 41.2 Å². The number of rotatable bonds is 7. The molecule has 0 aliphatic carbocycles. The van der Waals surface area contributed by atoms with Gasteiger partial charge in [-0.15, -0.1) is 0 Å². The van der Waals surface area contributed by atoms with Gasteiger partial charge in [0.1, 0.15) is 12.4 Å². The Morgan fingerprint density at radius 3 is 2.53 bits per heavy atom. The third-order valence-corrected chi connectivity index (χ3v) is 5.09. The molecule has 0 aromatic heterocycles. The molecule has 0 fully saturated rings. The Balaban J connectivity index is 1.51. The molecular weight excluding hydrogens is 449 g/mol. The van der Waals surface area contributed by atoms with Crippen molar-refractivity contribution < 1.29 is 14.3 Å². The van der Waals surface area contributed by atoms with E-state index < -0.39 is 11.8 Å². The van der Waals surface area contributed by atoms with Crippen molar-refractivity contribution in [3.63, 3.8) is 0 Å². The van der Waals surface area contributed by atoms with Crippen LogP contribution in [-0.2, 0) is 16.2 Å². The standard InChI is InChI=1S/C24H21Cl2N3O3/c1-16(18-7-3-2-4-8-18)28-23(30)24(31)29-27-14-17-6-5-9-21(12-17)32-15-19-10-11-20(25)13-22(19)26/h2-14,16H,15H2,1H3,(H,28,30)(H,29,31)/b27-14-/t16-/m0/s1. The molecule has 3 aromatic rings. The first kappa shape index (κ1) is 23.3. The number of hydrogen-bond acceptors (Lipinski definition) is 4. The summed E-state index contributed by atoms with van der Waals surface area (Å²) < 4.78 is 5.76. The van der Waals surface area contributed by atoms with Crippen LogP contribution < -0.4 is 15.5 Å². The minimum absolute atomic E-state index is 0.271. The number of nitrogens with one attached hydrogen (secondary N) is 2. The van der Waals surface area contributed by atoms with Gasteiger partial charge in [0.15, 0.2) is 0 Å². The fourth-order valence-corrected chi connectivity index (χ4v) is 3.25. The predicted octanol–water partition coefficient (Wildman–Crippen LogP) is 4.90. The predicted molar refractivity (Wildman–Crippen MR) is 126 cm³/mol. The number of halogens is 2. The SMILES string of the molecule is C[C@H](NC(=O)C(=O)N/N=C\c1cccc(OCc2ccc(Cl)cc2Cl)c1)c1ccccc1. The number of hydrazone groups is 1. The summed E-state index contributed by atoms with van der Waals surface area (Å²) in [5, 5.41) is 7.56. The maximum Gasteiger partial charge on any atom is 0.329 e. The Morgan fingerprint density at radius 1 is 1.00 bits per heavy atom. The van der Waals surface area contributed by atoms with Gasteiger partial charge in [0.25, 0.3) is 0 Å². The summed E-state index contributed by atoms with van der Waals surface area (Å²) in [5.74, 6) is -1.02. The second-order valence-corrected chi connectivity index (χ2v) is 7.75. The normalized spacial score (nSPS) is 11.7. The first-order chi connectivity index (χ1) is 15.4. The van der Waals surface area contributed by atoms with Gasteiger partial charge in [-0.1, -0.05) is 71.7 Å². The van der Waals surface area contributed by atoms with Crippen LogP contribution in [0, 0.1) is 0 Å². The molecule has 0 bridgehead atoms. The van der Waals surface area contributed by atoms with Crippen molar-refractivity contribution in [1.29, 1.82) is 0 Å². The van der Waals surface area contributed by atoms with E-state index >= 15 is 0 Å². The number of carbonyl (C=O) groups excluding carboxylic acids is 2. The van der Waals surface area contributed by atoms with Crippen LogP contribution in [0.2, 0.25) is 10.0 Å². The highest BCUT2D eigenvalue weighted by atomic mass is 35.5. The maximum absolute atomic E-state index is 12.1. The molecule has 0 saturated carbocycles. The Bertz CT molecular complexity index is 1120. The zero-order valence-electron chi connectivity index (χ0n) is 17.2. The highest BCUT2D eigenvalue weighted by molar-refractivity contribution is 6.35. The molecule has 1 atom stereocenters. The minimum Gasteiger partial charge on any atom is -0.489 e. The van der Waals surface area contributed by atoms with Crippen LogP contribution in [0.15, 0.2) is 77.9 Å². The molecule has 0 radical (unpaired) electrons. The molecule has 0 aliphatic heterocycles. The van der Waals surface area contributed by atoms with Crippen molar-refractivity contribution in [3.8, 4) is 5.75 Å². The van der Waals surface area contributed by atoms with Crippen molar-refractivity contribution in [2.75, 3.05) is 0 Å². The van der Waals surface area contributed by atoms with Crippen LogP contribution in [0.1, 0.15) is 29.7 Å². The van der Waals surface area contributed by atoms with Gasteiger partial charge >= 0.3 is 11.8 Å². The summed E-state index contributed by atoms with van der Waals surface area (Å²) in [6.45, 7) is 2.07. The first-order valence-corrected chi connectivity index (χ1v) is 10.5. The molecule has 3 rings (SSSR count). The summed E-state index contributed by atoms with van der Waals surface area (Å²) in [6.07, 6.45) is 1.42. The van der Waals surface area contributed by atoms with E-state index in [1.807, 2.05) is 30.3 Å². The molecule has 0 aliphatic rings. The lowest BCUT2D eigenvalue weighted by atomic mass is 10.1.